The topological polar surface area (TPSA) is 38.3 Å². The molecule has 0 fully saturated rings. The van der Waals surface area contributed by atoms with Crippen LogP contribution in [0.25, 0.3) is 0 Å². The van der Waals surface area contributed by atoms with Gasteiger partial charge in [-0.1, -0.05) is 20.8 Å². The van der Waals surface area contributed by atoms with Gasteiger partial charge in [0.05, 0.1) is 13.0 Å². The van der Waals surface area contributed by atoms with Gasteiger partial charge in [0.2, 0.25) is 5.91 Å². The molecule has 3 nitrogen and oxygen atoms in total. The quantitative estimate of drug-likeness (QED) is 0.870. The van der Waals surface area contributed by atoms with Crippen LogP contribution in [0, 0.1) is 5.41 Å². The molecule has 3 heteroatoms. The van der Waals surface area contributed by atoms with E-state index in [-0.39, 0.29) is 17.2 Å². The molecular formula is C14H19NO2. The third-order valence-corrected chi connectivity index (χ3v) is 3.78. The molecule has 0 bridgehead atoms. The molecule has 0 aromatic heterocycles. The van der Waals surface area contributed by atoms with Crippen LogP contribution in [-0.4, -0.2) is 13.0 Å². The standard InChI is InChI=1S/C14H19NO2/c1-5-14(2,3)12-10-8-9(17-4)6-7-11(10)15-13(12)16/h6-8,12H,5H2,1-4H3,(H,15,16). The van der Waals surface area contributed by atoms with E-state index < -0.39 is 0 Å². The molecule has 1 aromatic rings. The Morgan fingerprint density at radius 1 is 1.41 bits per heavy atom. The highest BCUT2D eigenvalue weighted by atomic mass is 16.5. The molecule has 1 aromatic carbocycles. The molecule has 0 spiro atoms. The lowest BCUT2D eigenvalue weighted by Crippen LogP contribution is -2.27. The minimum Gasteiger partial charge on any atom is -0.497 e. The van der Waals surface area contributed by atoms with Gasteiger partial charge in [0.15, 0.2) is 0 Å². The van der Waals surface area contributed by atoms with Gasteiger partial charge in [0, 0.05) is 5.69 Å². The van der Waals surface area contributed by atoms with Crippen molar-refractivity contribution in [3.63, 3.8) is 0 Å². The fraction of sp³-hybridized carbons (Fsp3) is 0.500. The van der Waals surface area contributed by atoms with Crippen LogP contribution in [0.5, 0.6) is 5.75 Å². The highest BCUT2D eigenvalue weighted by molar-refractivity contribution is 6.03. The van der Waals surface area contributed by atoms with E-state index in [0.29, 0.717) is 0 Å². The third-order valence-electron chi connectivity index (χ3n) is 3.78. The van der Waals surface area contributed by atoms with Crippen molar-refractivity contribution in [2.45, 2.75) is 33.1 Å². The van der Waals surface area contributed by atoms with Gasteiger partial charge in [-0.3, -0.25) is 4.79 Å². The number of carbonyl (C=O) groups excluding carboxylic acids is 1. The Hall–Kier alpha value is -1.51. The maximum atomic E-state index is 12.1. The molecule has 1 unspecified atom stereocenters. The lowest BCUT2D eigenvalue weighted by atomic mass is 9.74. The van der Waals surface area contributed by atoms with E-state index in [2.05, 4.69) is 26.1 Å². The number of rotatable bonds is 3. The predicted octanol–water partition coefficient (Wildman–Crippen LogP) is 3.17. The molecule has 1 N–H and O–H groups in total. The molecule has 0 radical (unpaired) electrons. The molecule has 0 saturated carbocycles. The van der Waals surface area contributed by atoms with Crippen LogP contribution in [0.4, 0.5) is 5.69 Å². The van der Waals surface area contributed by atoms with E-state index in [1.807, 2.05) is 18.2 Å². The molecule has 0 aliphatic carbocycles. The summed E-state index contributed by atoms with van der Waals surface area (Å²) in [5.74, 6) is 0.815. The first-order valence-corrected chi connectivity index (χ1v) is 5.98. The Balaban J connectivity index is 2.48. The van der Waals surface area contributed by atoms with E-state index in [9.17, 15) is 4.79 Å². The van der Waals surface area contributed by atoms with Gasteiger partial charge in [-0.25, -0.2) is 0 Å². The first kappa shape index (κ1) is 12.0. The van der Waals surface area contributed by atoms with Crippen LogP contribution in [0.3, 0.4) is 0 Å². The van der Waals surface area contributed by atoms with Crippen molar-refractivity contribution in [2.24, 2.45) is 5.41 Å². The monoisotopic (exact) mass is 233 g/mol. The largest absolute Gasteiger partial charge is 0.497 e. The molecule has 92 valence electrons. The highest BCUT2D eigenvalue weighted by Crippen LogP contribution is 2.46. The van der Waals surface area contributed by atoms with Crippen molar-refractivity contribution < 1.29 is 9.53 Å². The number of amides is 1. The van der Waals surface area contributed by atoms with E-state index in [1.165, 1.54) is 0 Å². The maximum Gasteiger partial charge on any atom is 0.232 e. The highest BCUT2D eigenvalue weighted by Gasteiger charge is 2.41. The van der Waals surface area contributed by atoms with Crippen molar-refractivity contribution in [1.29, 1.82) is 0 Å². The summed E-state index contributed by atoms with van der Waals surface area (Å²) in [6, 6.07) is 5.76. The second-order valence-corrected chi connectivity index (χ2v) is 5.22. The summed E-state index contributed by atoms with van der Waals surface area (Å²) in [6.45, 7) is 6.38. The van der Waals surface area contributed by atoms with Gasteiger partial charge in [0.25, 0.3) is 0 Å². The summed E-state index contributed by atoms with van der Waals surface area (Å²) in [5, 5.41) is 2.94. The molecule has 1 aliphatic heterocycles. The van der Waals surface area contributed by atoms with E-state index in [4.69, 9.17) is 4.74 Å². The van der Waals surface area contributed by atoms with E-state index in [1.54, 1.807) is 7.11 Å². The average Bonchev–Trinajstić information content (AvgIpc) is 2.64. The fourth-order valence-corrected chi connectivity index (χ4v) is 2.35. The van der Waals surface area contributed by atoms with Crippen LogP contribution in [0.15, 0.2) is 18.2 Å². The Kier molecular flexibility index (Phi) is 2.86. The van der Waals surface area contributed by atoms with Crippen molar-refractivity contribution in [3.8, 4) is 5.75 Å². The van der Waals surface area contributed by atoms with Gasteiger partial charge >= 0.3 is 0 Å². The van der Waals surface area contributed by atoms with E-state index in [0.717, 1.165) is 23.4 Å². The normalized spacial score (nSPS) is 18.8. The number of fused-ring (bicyclic) bond motifs is 1. The van der Waals surface area contributed by atoms with Crippen molar-refractivity contribution in [3.05, 3.63) is 23.8 Å². The number of nitrogens with one attached hydrogen (secondary N) is 1. The lowest BCUT2D eigenvalue weighted by molar-refractivity contribution is -0.119. The zero-order valence-corrected chi connectivity index (χ0v) is 10.8. The van der Waals surface area contributed by atoms with Crippen molar-refractivity contribution >= 4 is 11.6 Å². The van der Waals surface area contributed by atoms with Crippen LogP contribution in [0.1, 0.15) is 38.7 Å². The average molecular weight is 233 g/mol. The summed E-state index contributed by atoms with van der Waals surface area (Å²) in [5.41, 5.74) is 1.94. The summed E-state index contributed by atoms with van der Waals surface area (Å²) >= 11 is 0. The number of ether oxygens (including phenoxy) is 1. The van der Waals surface area contributed by atoms with Gasteiger partial charge in [-0.15, -0.1) is 0 Å². The van der Waals surface area contributed by atoms with Crippen LogP contribution in [0.2, 0.25) is 0 Å². The second-order valence-electron chi connectivity index (χ2n) is 5.22. The first-order valence-electron chi connectivity index (χ1n) is 5.98. The Bertz CT molecular complexity index is 452. The maximum absolute atomic E-state index is 12.1. The number of carbonyl (C=O) groups is 1. The van der Waals surface area contributed by atoms with Crippen LogP contribution >= 0.6 is 0 Å². The number of benzene rings is 1. The smallest absolute Gasteiger partial charge is 0.232 e. The van der Waals surface area contributed by atoms with Gasteiger partial charge in [-0.2, -0.15) is 0 Å². The predicted molar refractivity (Wildman–Crippen MR) is 68.4 cm³/mol. The zero-order chi connectivity index (χ0) is 12.6. The Morgan fingerprint density at radius 3 is 2.71 bits per heavy atom. The first-order chi connectivity index (χ1) is 7.99. The second kappa shape index (κ2) is 4.06. The van der Waals surface area contributed by atoms with Gasteiger partial charge in [0.1, 0.15) is 5.75 Å². The van der Waals surface area contributed by atoms with Crippen LogP contribution < -0.4 is 10.1 Å². The molecular weight excluding hydrogens is 214 g/mol. The molecule has 0 saturated heterocycles. The van der Waals surface area contributed by atoms with Crippen molar-refractivity contribution in [2.75, 3.05) is 12.4 Å². The summed E-state index contributed by atoms with van der Waals surface area (Å²) in [4.78, 5) is 12.1. The molecule has 1 heterocycles. The third kappa shape index (κ3) is 1.90. The summed E-state index contributed by atoms with van der Waals surface area (Å²) in [6.07, 6.45) is 0.960. The summed E-state index contributed by atoms with van der Waals surface area (Å²) < 4.78 is 5.23. The molecule has 1 aliphatic rings. The van der Waals surface area contributed by atoms with Crippen molar-refractivity contribution in [1.82, 2.24) is 0 Å². The number of hydrogen-bond acceptors (Lipinski definition) is 2. The molecule has 2 rings (SSSR count). The number of methoxy groups -OCH3 is 1. The number of hydrogen-bond donors (Lipinski definition) is 1. The minimum atomic E-state index is -0.0856. The molecule has 17 heavy (non-hydrogen) atoms. The minimum absolute atomic E-state index is 0.0400. The van der Waals surface area contributed by atoms with Gasteiger partial charge in [-0.05, 0) is 35.6 Å². The SMILES string of the molecule is CCC(C)(C)C1C(=O)Nc2ccc(OC)cc21. The Labute approximate surface area is 102 Å². The fourth-order valence-electron chi connectivity index (χ4n) is 2.35. The van der Waals surface area contributed by atoms with Crippen LogP contribution in [-0.2, 0) is 4.79 Å². The van der Waals surface area contributed by atoms with E-state index >= 15 is 0 Å². The Morgan fingerprint density at radius 2 is 2.12 bits per heavy atom. The lowest BCUT2D eigenvalue weighted by Gasteiger charge is -2.28. The summed E-state index contributed by atoms with van der Waals surface area (Å²) in [7, 11) is 1.64. The molecule has 1 atom stereocenters. The van der Waals surface area contributed by atoms with Gasteiger partial charge < -0.3 is 10.1 Å². The zero-order valence-electron chi connectivity index (χ0n) is 10.8. The number of anilines is 1. The molecule has 1 amide bonds.